The summed E-state index contributed by atoms with van der Waals surface area (Å²) in [6, 6.07) is 0.409. The molecule has 92 valence electrons. The van der Waals surface area contributed by atoms with Crippen molar-refractivity contribution < 1.29 is 4.74 Å². The molecule has 1 unspecified atom stereocenters. The summed E-state index contributed by atoms with van der Waals surface area (Å²) in [4.78, 5) is 0. The number of ether oxygens (including phenoxy) is 1. The average Bonchev–Trinajstić information content (AvgIpc) is 2.28. The average molecular weight is 216 g/mol. The van der Waals surface area contributed by atoms with Crippen molar-refractivity contribution in [3.63, 3.8) is 0 Å². The lowest BCUT2D eigenvalue weighted by Crippen LogP contribution is -2.37. The summed E-state index contributed by atoms with van der Waals surface area (Å²) in [5, 5.41) is 0. The topological polar surface area (TPSA) is 47.3 Å². The zero-order valence-electron chi connectivity index (χ0n) is 10.6. The summed E-state index contributed by atoms with van der Waals surface area (Å²) in [5.74, 6) is 6.33. The Balaban J connectivity index is 3.61. The molecule has 0 saturated carbocycles. The lowest BCUT2D eigenvalue weighted by Gasteiger charge is -2.21. The number of nitrogens with two attached hydrogens (primary N) is 1. The fraction of sp³-hybridized carbons (Fsp3) is 1.00. The summed E-state index contributed by atoms with van der Waals surface area (Å²) >= 11 is 0. The van der Waals surface area contributed by atoms with E-state index in [1.807, 2.05) is 0 Å². The highest BCUT2D eigenvalue weighted by atomic mass is 16.5. The summed E-state index contributed by atoms with van der Waals surface area (Å²) < 4.78 is 5.47. The molecule has 3 nitrogen and oxygen atoms in total. The zero-order chi connectivity index (χ0) is 11.5. The standard InChI is InChI=1S/C12H28N2O/c1-4-8-15-9-7-12(14-13)10-11(5-2)6-3/h11-12,14H,4-10,13H2,1-3H3. The van der Waals surface area contributed by atoms with E-state index in [-0.39, 0.29) is 0 Å². The fourth-order valence-corrected chi connectivity index (χ4v) is 1.77. The molecule has 3 heteroatoms. The molecule has 0 aromatic heterocycles. The highest BCUT2D eigenvalue weighted by Crippen LogP contribution is 2.16. The maximum absolute atomic E-state index is 5.54. The largest absolute Gasteiger partial charge is 0.381 e. The molecular formula is C12H28N2O. The van der Waals surface area contributed by atoms with E-state index in [1.54, 1.807) is 0 Å². The van der Waals surface area contributed by atoms with E-state index in [9.17, 15) is 0 Å². The van der Waals surface area contributed by atoms with Gasteiger partial charge in [0.15, 0.2) is 0 Å². The molecule has 0 aliphatic carbocycles. The third-order valence-corrected chi connectivity index (χ3v) is 2.97. The van der Waals surface area contributed by atoms with Crippen LogP contribution in [0.4, 0.5) is 0 Å². The number of rotatable bonds is 10. The SMILES string of the molecule is CCCOCCC(CC(CC)CC)NN. The first kappa shape index (κ1) is 14.9. The van der Waals surface area contributed by atoms with Gasteiger partial charge in [-0.15, -0.1) is 0 Å². The third-order valence-electron chi connectivity index (χ3n) is 2.97. The van der Waals surface area contributed by atoms with Gasteiger partial charge in [-0.3, -0.25) is 11.3 Å². The molecule has 0 aromatic rings. The summed E-state index contributed by atoms with van der Waals surface area (Å²) in [6.45, 7) is 8.30. The predicted octanol–water partition coefficient (Wildman–Crippen LogP) is 2.46. The van der Waals surface area contributed by atoms with Crippen LogP contribution < -0.4 is 11.3 Å². The van der Waals surface area contributed by atoms with Crippen molar-refractivity contribution in [1.29, 1.82) is 0 Å². The van der Waals surface area contributed by atoms with Crippen LogP contribution in [0, 0.1) is 5.92 Å². The van der Waals surface area contributed by atoms with Gasteiger partial charge in [0.05, 0.1) is 0 Å². The normalized spacial score (nSPS) is 13.4. The van der Waals surface area contributed by atoms with Gasteiger partial charge in [-0.25, -0.2) is 0 Å². The lowest BCUT2D eigenvalue weighted by atomic mass is 9.94. The Morgan fingerprint density at radius 1 is 1.13 bits per heavy atom. The molecule has 0 amide bonds. The van der Waals surface area contributed by atoms with E-state index in [4.69, 9.17) is 10.6 Å². The molecule has 1 atom stereocenters. The molecule has 0 aromatic carbocycles. The van der Waals surface area contributed by atoms with E-state index in [2.05, 4.69) is 26.2 Å². The molecule has 0 aliphatic rings. The quantitative estimate of drug-likeness (QED) is 0.335. The minimum absolute atomic E-state index is 0.409. The number of hydrogen-bond donors (Lipinski definition) is 2. The molecule has 3 N–H and O–H groups in total. The van der Waals surface area contributed by atoms with E-state index >= 15 is 0 Å². The van der Waals surface area contributed by atoms with Crippen LogP contribution in [-0.2, 0) is 4.74 Å². The van der Waals surface area contributed by atoms with Crippen molar-refractivity contribution in [3.8, 4) is 0 Å². The Morgan fingerprint density at radius 2 is 1.80 bits per heavy atom. The second-order valence-electron chi connectivity index (χ2n) is 4.18. The molecule has 0 spiro atoms. The summed E-state index contributed by atoms with van der Waals surface area (Å²) in [7, 11) is 0. The first-order chi connectivity index (χ1) is 7.28. The van der Waals surface area contributed by atoms with E-state index < -0.39 is 0 Å². The maximum Gasteiger partial charge on any atom is 0.0481 e. The summed E-state index contributed by atoms with van der Waals surface area (Å²) in [5.41, 5.74) is 2.90. The van der Waals surface area contributed by atoms with E-state index in [0.29, 0.717) is 6.04 Å². The predicted molar refractivity (Wildman–Crippen MR) is 65.5 cm³/mol. The molecule has 0 aliphatic heterocycles. The smallest absolute Gasteiger partial charge is 0.0481 e. The van der Waals surface area contributed by atoms with Gasteiger partial charge in [-0.05, 0) is 25.2 Å². The van der Waals surface area contributed by atoms with E-state index in [1.165, 1.54) is 19.3 Å². The van der Waals surface area contributed by atoms with Crippen LogP contribution >= 0.6 is 0 Å². The summed E-state index contributed by atoms with van der Waals surface area (Å²) in [6.07, 6.45) is 5.76. The molecule has 0 fully saturated rings. The first-order valence-corrected chi connectivity index (χ1v) is 6.32. The minimum Gasteiger partial charge on any atom is -0.381 e. The number of hydrogen-bond acceptors (Lipinski definition) is 3. The van der Waals surface area contributed by atoms with Gasteiger partial charge >= 0.3 is 0 Å². The molecule has 0 rings (SSSR count). The molecule has 15 heavy (non-hydrogen) atoms. The molecule has 0 radical (unpaired) electrons. The molecule has 0 saturated heterocycles. The van der Waals surface area contributed by atoms with Crippen molar-refractivity contribution in [3.05, 3.63) is 0 Å². The van der Waals surface area contributed by atoms with Crippen LogP contribution in [0.25, 0.3) is 0 Å². The Kier molecular flexibility index (Phi) is 10.3. The first-order valence-electron chi connectivity index (χ1n) is 6.32. The van der Waals surface area contributed by atoms with Crippen LogP contribution in [0.3, 0.4) is 0 Å². The highest BCUT2D eigenvalue weighted by molar-refractivity contribution is 4.68. The van der Waals surface area contributed by atoms with Gasteiger partial charge in [0.2, 0.25) is 0 Å². The van der Waals surface area contributed by atoms with Crippen LogP contribution in [-0.4, -0.2) is 19.3 Å². The van der Waals surface area contributed by atoms with Gasteiger partial charge in [0.25, 0.3) is 0 Å². The van der Waals surface area contributed by atoms with Gasteiger partial charge < -0.3 is 4.74 Å². The van der Waals surface area contributed by atoms with Gasteiger partial charge in [0.1, 0.15) is 0 Å². The maximum atomic E-state index is 5.54. The zero-order valence-corrected chi connectivity index (χ0v) is 10.6. The number of hydrazine groups is 1. The van der Waals surface area contributed by atoms with Crippen LogP contribution in [0.15, 0.2) is 0 Å². The van der Waals surface area contributed by atoms with E-state index in [0.717, 1.165) is 32.0 Å². The van der Waals surface area contributed by atoms with Crippen molar-refractivity contribution in [2.75, 3.05) is 13.2 Å². The lowest BCUT2D eigenvalue weighted by molar-refractivity contribution is 0.121. The third kappa shape index (κ3) is 7.77. The highest BCUT2D eigenvalue weighted by Gasteiger charge is 2.12. The second-order valence-corrected chi connectivity index (χ2v) is 4.18. The van der Waals surface area contributed by atoms with Crippen molar-refractivity contribution in [1.82, 2.24) is 5.43 Å². The van der Waals surface area contributed by atoms with Crippen LogP contribution in [0.5, 0.6) is 0 Å². The Hall–Kier alpha value is -0.120. The van der Waals surface area contributed by atoms with Crippen LogP contribution in [0.2, 0.25) is 0 Å². The van der Waals surface area contributed by atoms with Crippen molar-refractivity contribution in [2.45, 2.75) is 58.9 Å². The van der Waals surface area contributed by atoms with Crippen LogP contribution in [0.1, 0.15) is 52.9 Å². The van der Waals surface area contributed by atoms with Gasteiger partial charge in [-0.2, -0.15) is 0 Å². The van der Waals surface area contributed by atoms with Crippen molar-refractivity contribution >= 4 is 0 Å². The monoisotopic (exact) mass is 216 g/mol. The Labute approximate surface area is 94.7 Å². The van der Waals surface area contributed by atoms with Gasteiger partial charge in [0, 0.05) is 19.3 Å². The fourth-order valence-electron chi connectivity index (χ4n) is 1.77. The second kappa shape index (κ2) is 10.4. The number of nitrogens with one attached hydrogen (secondary N) is 1. The van der Waals surface area contributed by atoms with Crippen molar-refractivity contribution in [2.24, 2.45) is 11.8 Å². The Morgan fingerprint density at radius 3 is 2.27 bits per heavy atom. The minimum atomic E-state index is 0.409. The van der Waals surface area contributed by atoms with Gasteiger partial charge in [-0.1, -0.05) is 33.6 Å². The Bertz CT molecular complexity index is 127. The molecule has 0 bridgehead atoms. The molecular weight excluding hydrogens is 188 g/mol. The molecule has 0 heterocycles.